The summed E-state index contributed by atoms with van der Waals surface area (Å²) in [6.45, 7) is 0.180. The number of hydrogen-bond acceptors (Lipinski definition) is 5. The van der Waals surface area contributed by atoms with Crippen LogP contribution in [0.25, 0.3) is 10.8 Å². The van der Waals surface area contributed by atoms with E-state index >= 15 is 0 Å². The minimum Gasteiger partial charge on any atom is -0.454 e. The van der Waals surface area contributed by atoms with E-state index in [4.69, 9.17) is 14.2 Å². The maximum Gasteiger partial charge on any atom is 0.339 e. The third-order valence-electron chi connectivity index (χ3n) is 4.89. The van der Waals surface area contributed by atoms with Crippen LogP contribution in [0.3, 0.4) is 0 Å². The number of aromatic nitrogens is 1. The molecule has 0 fully saturated rings. The third-order valence-corrected chi connectivity index (χ3v) is 4.89. The van der Waals surface area contributed by atoms with E-state index in [0.29, 0.717) is 22.8 Å². The largest absolute Gasteiger partial charge is 0.454 e. The molecule has 142 valence electrons. The van der Waals surface area contributed by atoms with Crippen LogP contribution in [-0.2, 0) is 4.74 Å². The van der Waals surface area contributed by atoms with Crippen molar-refractivity contribution >= 4 is 16.7 Å². The van der Waals surface area contributed by atoms with Crippen molar-refractivity contribution in [3.05, 3.63) is 102 Å². The molecule has 1 aliphatic heterocycles. The smallest absolute Gasteiger partial charge is 0.339 e. The number of fused-ring (bicyclic) bond motifs is 2. The van der Waals surface area contributed by atoms with Crippen LogP contribution in [-0.4, -0.2) is 17.7 Å². The van der Waals surface area contributed by atoms with Crippen LogP contribution in [0.2, 0.25) is 0 Å². The first-order valence-corrected chi connectivity index (χ1v) is 9.29. The number of hydrogen-bond donors (Lipinski definition) is 0. The van der Waals surface area contributed by atoms with Crippen molar-refractivity contribution in [1.82, 2.24) is 4.98 Å². The molecule has 1 aliphatic rings. The highest BCUT2D eigenvalue weighted by molar-refractivity contribution is 5.90. The molecule has 0 bridgehead atoms. The Morgan fingerprint density at radius 3 is 2.59 bits per heavy atom. The fraction of sp³-hybridized carbons (Fsp3) is 0.0833. The average molecular weight is 383 g/mol. The molecule has 0 saturated heterocycles. The highest BCUT2D eigenvalue weighted by atomic mass is 16.7. The Balaban J connectivity index is 1.62. The van der Waals surface area contributed by atoms with Gasteiger partial charge >= 0.3 is 5.97 Å². The molecule has 1 aromatic heterocycles. The second kappa shape index (κ2) is 7.28. The predicted octanol–water partition coefficient (Wildman–Crippen LogP) is 4.91. The Morgan fingerprint density at radius 2 is 1.69 bits per heavy atom. The molecule has 0 N–H and O–H groups in total. The van der Waals surface area contributed by atoms with Crippen molar-refractivity contribution in [2.24, 2.45) is 0 Å². The zero-order valence-electron chi connectivity index (χ0n) is 15.4. The Morgan fingerprint density at radius 1 is 0.897 bits per heavy atom. The van der Waals surface area contributed by atoms with E-state index in [9.17, 15) is 4.79 Å². The highest BCUT2D eigenvalue weighted by Crippen LogP contribution is 2.38. The summed E-state index contributed by atoms with van der Waals surface area (Å²) in [5.74, 6) is 0.888. The van der Waals surface area contributed by atoms with Crippen LogP contribution in [0.5, 0.6) is 11.5 Å². The summed E-state index contributed by atoms with van der Waals surface area (Å²) in [7, 11) is 0. The van der Waals surface area contributed by atoms with Gasteiger partial charge in [0.05, 0.1) is 11.3 Å². The summed E-state index contributed by atoms with van der Waals surface area (Å²) in [5.41, 5.74) is 1.92. The van der Waals surface area contributed by atoms with Gasteiger partial charge in [0.2, 0.25) is 6.79 Å². The van der Waals surface area contributed by atoms with Crippen LogP contribution >= 0.6 is 0 Å². The maximum atomic E-state index is 12.9. The summed E-state index contributed by atoms with van der Waals surface area (Å²) >= 11 is 0. The van der Waals surface area contributed by atoms with Crippen molar-refractivity contribution in [2.45, 2.75) is 6.10 Å². The van der Waals surface area contributed by atoms with E-state index in [2.05, 4.69) is 4.98 Å². The van der Waals surface area contributed by atoms with Gasteiger partial charge in [0, 0.05) is 17.1 Å². The van der Waals surface area contributed by atoms with Gasteiger partial charge in [-0.1, -0.05) is 48.5 Å². The quantitative estimate of drug-likeness (QED) is 0.469. The molecule has 0 spiro atoms. The van der Waals surface area contributed by atoms with Crippen molar-refractivity contribution in [1.29, 1.82) is 0 Å². The molecule has 3 aromatic carbocycles. The number of nitrogens with zero attached hydrogens (tertiary/aromatic N) is 1. The molecule has 5 nitrogen and oxygen atoms in total. The minimum atomic E-state index is -0.691. The lowest BCUT2D eigenvalue weighted by Gasteiger charge is -2.20. The van der Waals surface area contributed by atoms with Crippen molar-refractivity contribution in [3.63, 3.8) is 0 Å². The number of ether oxygens (including phenoxy) is 3. The molecule has 2 heterocycles. The molecule has 0 saturated carbocycles. The molecule has 4 aromatic rings. The Hall–Kier alpha value is -3.86. The Labute approximate surface area is 167 Å². The zero-order chi connectivity index (χ0) is 19.6. The number of pyridine rings is 1. The van der Waals surface area contributed by atoms with Crippen molar-refractivity contribution in [3.8, 4) is 11.5 Å². The van der Waals surface area contributed by atoms with Crippen LogP contribution < -0.4 is 9.47 Å². The summed E-state index contributed by atoms with van der Waals surface area (Å²) in [6, 6.07) is 24.3. The molecular weight excluding hydrogens is 366 g/mol. The lowest BCUT2D eigenvalue weighted by molar-refractivity contribution is 0.0373. The lowest BCUT2D eigenvalue weighted by atomic mass is 10.00. The van der Waals surface area contributed by atoms with E-state index in [-0.39, 0.29) is 6.79 Å². The van der Waals surface area contributed by atoms with Gasteiger partial charge < -0.3 is 14.2 Å². The number of benzene rings is 3. The van der Waals surface area contributed by atoms with E-state index in [1.54, 1.807) is 18.3 Å². The number of carbonyl (C=O) groups excluding carboxylic acids is 1. The van der Waals surface area contributed by atoms with Gasteiger partial charge in [0.15, 0.2) is 17.6 Å². The summed E-state index contributed by atoms with van der Waals surface area (Å²) in [6.07, 6.45) is 1.04. The number of esters is 1. The van der Waals surface area contributed by atoms with Crippen LogP contribution in [0, 0.1) is 0 Å². The standard InChI is InChI=1S/C24H17NO4/c26-24(17-7-2-1-3-8-17)29-23(18-10-11-20-21(14-18)28-15-27-20)22-19-9-5-4-6-16(19)12-13-25-22/h1-14,23H,15H2/t23-/m1/s1. The van der Waals surface area contributed by atoms with Gasteiger partial charge in [-0.2, -0.15) is 0 Å². The topological polar surface area (TPSA) is 57.7 Å². The van der Waals surface area contributed by atoms with E-state index < -0.39 is 12.1 Å². The summed E-state index contributed by atoms with van der Waals surface area (Å²) in [5, 5.41) is 1.96. The highest BCUT2D eigenvalue weighted by Gasteiger charge is 2.26. The normalized spacial score (nSPS) is 13.2. The van der Waals surface area contributed by atoms with Crippen molar-refractivity contribution in [2.75, 3.05) is 6.79 Å². The molecule has 29 heavy (non-hydrogen) atoms. The lowest BCUT2D eigenvalue weighted by Crippen LogP contribution is -2.14. The van der Waals surface area contributed by atoms with Gasteiger partial charge in [0.1, 0.15) is 0 Å². The maximum absolute atomic E-state index is 12.9. The van der Waals surface area contributed by atoms with Crippen LogP contribution in [0.1, 0.15) is 27.7 Å². The number of rotatable bonds is 4. The SMILES string of the molecule is O=C(O[C@H](c1ccc2c(c1)OCO2)c1nccc2ccccc12)c1ccccc1. The molecule has 5 heteroatoms. The van der Waals surface area contributed by atoms with E-state index in [0.717, 1.165) is 16.3 Å². The molecule has 1 atom stereocenters. The van der Waals surface area contributed by atoms with E-state index in [1.807, 2.05) is 66.7 Å². The third kappa shape index (κ3) is 3.27. The predicted molar refractivity (Wildman–Crippen MR) is 108 cm³/mol. The summed E-state index contributed by atoms with van der Waals surface area (Å²) < 4.78 is 16.9. The Kier molecular flexibility index (Phi) is 4.33. The summed E-state index contributed by atoms with van der Waals surface area (Å²) in [4.78, 5) is 17.4. The first-order chi connectivity index (χ1) is 14.3. The molecule has 0 unspecified atom stereocenters. The first kappa shape index (κ1) is 17.3. The van der Waals surface area contributed by atoms with Gasteiger partial charge in [0.25, 0.3) is 0 Å². The van der Waals surface area contributed by atoms with Crippen molar-refractivity contribution < 1.29 is 19.0 Å². The van der Waals surface area contributed by atoms with Gasteiger partial charge in [-0.3, -0.25) is 4.98 Å². The average Bonchev–Trinajstić information content (AvgIpc) is 3.25. The minimum absolute atomic E-state index is 0.180. The second-order valence-electron chi connectivity index (χ2n) is 6.68. The van der Waals surface area contributed by atoms with Gasteiger partial charge in [-0.05, 0) is 35.7 Å². The monoisotopic (exact) mass is 383 g/mol. The van der Waals surface area contributed by atoms with Crippen LogP contribution in [0.15, 0.2) is 85.1 Å². The second-order valence-corrected chi connectivity index (χ2v) is 6.68. The van der Waals surface area contributed by atoms with E-state index in [1.165, 1.54) is 0 Å². The molecule has 0 aliphatic carbocycles. The Bertz CT molecular complexity index is 1180. The fourth-order valence-corrected chi connectivity index (χ4v) is 3.46. The van der Waals surface area contributed by atoms with Crippen LogP contribution in [0.4, 0.5) is 0 Å². The molecule has 0 amide bonds. The fourth-order valence-electron chi connectivity index (χ4n) is 3.46. The zero-order valence-corrected chi connectivity index (χ0v) is 15.4. The first-order valence-electron chi connectivity index (χ1n) is 9.29. The molecular formula is C24H17NO4. The van der Waals surface area contributed by atoms with Gasteiger partial charge in [-0.25, -0.2) is 4.79 Å². The van der Waals surface area contributed by atoms with Gasteiger partial charge in [-0.15, -0.1) is 0 Å². The molecule has 0 radical (unpaired) electrons. The number of carbonyl (C=O) groups is 1. The molecule has 5 rings (SSSR count).